The highest BCUT2D eigenvalue weighted by molar-refractivity contribution is 5.76. The number of nitrogens with one attached hydrogen (secondary N) is 1. The average Bonchev–Trinajstić information content (AvgIpc) is 3.33. The molecule has 0 aromatic heterocycles. The summed E-state index contributed by atoms with van der Waals surface area (Å²) in [6.45, 7) is 4.18. The second-order valence-corrected chi connectivity index (χ2v) is 18.6. The zero-order valence-corrected chi connectivity index (χ0v) is 43.9. The fraction of sp³-hybridized carbons (Fsp3) is 0.667. The monoisotopic (exact) mass is 926 g/mol. The van der Waals surface area contributed by atoms with E-state index in [1.165, 1.54) is 141 Å². The van der Waals surface area contributed by atoms with E-state index in [0.29, 0.717) is 6.42 Å². The molecule has 0 saturated carbocycles. The molecule has 0 fully saturated rings. The van der Waals surface area contributed by atoms with Gasteiger partial charge >= 0.3 is 0 Å². The highest BCUT2D eigenvalue weighted by Gasteiger charge is 2.17. The van der Waals surface area contributed by atoms with Crippen LogP contribution in [0, 0.1) is 0 Å². The predicted molar refractivity (Wildman–Crippen MR) is 299 cm³/mol. The van der Waals surface area contributed by atoms with E-state index < -0.39 is 12.1 Å². The maximum Gasteiger partial charge on any atom is 0.220 e. The molecule has 0 spiro atoms. The largest absolute Gasteiger partial charge is 0.394 e. The molecule has 1 amide bonds. The van der Waals surface area contributed by atoms with Crippen LogP contribution in [0.5, 0.6) is 0 Å². The van der Waals surface area contributed by atoms with E-state index >= 15 is 0 Å². The number of hydrogen-bond acceptors (Lipinski definition) is 3. The van der Waals surface area contributed by atoms with Gasteiger partial charge in [0, 0.05) is 6.42 Å². The van der Waals surface area contributed by atoms with E-state index in [0.717, 1.165) is 89.9 Å². The van der Waals surface area contributed by atoms with Gasteiger partial charge in [0.1, 0.15) is 0 Å². The quantitative estimate of drug-likeness (QED) is 0.0421. The maximum atomic E-state index is 12.5. The van der Waals surface area contributed by atoms with Crippen LogP contribution in [0.1, 0.15) is 251 Å². The summed E-state index contributed by atoms with van der Waals surface area (Å²) in [6, 6.07) is -0.650. The summed E-state index contributed by atoms with van der Waals surface area (Å²) in [5, 5.41) is 23.1. The first kappa shape index (κ1) is 63.8. The molecule has 0 aliphatic heterocycles. The van der Waals surface area contributed by atoms with Crippen molar-refractivity contribution in [2.45, 2.75) is 264 Å². The molecule has 4 nitrogen and oxygen atoms in total. The fourth-order valence-corrected chi connectivity index (χ4v) is 7.92. The van der Waals surface area contributed by atoms with Crippen molar-refractivity contribution in [1.29, 1.82) is 0 Å². The highest BCUT2D eigenvalue weighted by atomic mass is 16.3. The Balaban J connectivity index is 3.62. The first-order valence-electron chi connectivity index (χ1n) is 28.2. The summed E-state index contributed by atoms with van der Waals surface area (Å²) in [5.74, 6) is -0.0823. The Labute approximate surface area is 416 Å². The van der Waals surface area contributed by atoms with Gasteiger partial charge in [0.2, 0.25) is 5.91 Å². The van der Waals surface area contributed by atoms with Crippen molar-refractivity contribution in [2.75, 3.05) is 6.61 Å². The van der Waals surface area contributed by atoms with E-state index in [1.54, 1.807) is 6.08 Å². The Hall–Kier alpha value is -3.21. The van der Waals surface area contributed by atoms with Crippen LogP contribution in [0.4, 0.5) is 0 Å². The van der Waals surface area contributed by atoms with E-state index in [9.17, 15) is 15.0 Å². The van der Waals surface area contributed by atoms with Crippen molar-refractivity contribution in [3.63, 3.8) is 0 Å². The summed E-state index contributed by atoms with van der Waals surface area (Å²) in [6.07, 6.45) is 87.8. The van der Waals surface area contributed by atoms with Crippen molar-refractivity contribution in [1.82, 2.24) is 5.32 Å². The topological polar surface area (TPSA) is 69.6 Å². The van der Waals surface area contributed by atoms with Gasteiger partial charge < -0.3 is 15.5 Å². The van der Waals surface area contributed by atoms with Crippen LogP contribution in [0.2, 0.25) is 0 Å². The number of aliphatic hydroxyl groups excluding tert-OH is 2. The van der Waals surface area contributed by atoms with Crippen LogP contribution < -0.4 is 5.32 Å². The molecule has 2 atom stereocenters. The van der Waals surface area contributed by atoms with E-state index in [2.05, 4.69) is 129 Å². The number of unbranched alkanes of at least 4 members (excludes halogenated alkanes) is 25. The predicted octanol–water partition coefficient (Wildman–Crippen LogP) is 18.9. The van der Waals surface area contributed by atoms with Gasteiger partial charge in [0.05, 0.1) is 18.8 Å². The SMILES string of the molecule is CC/C=C\C/C=C\C/C=C\C/C=C\C/C=C\C/C=C\C/C=C\C/C=C\CCCCCCCCCCCCC(=O)NC(CO)C(O)/C=C/CC/C=C/CCCCCCCCCCCCCCCC. The summed E-state index contributed by atoms with van der Waals surface area (Å²) >= 11 is 0. The lowest BCUT2D eigenvalue weighted by atomic mass is 10.0. The van der Waals surface area contributed by atoms with E-state index in [4.69, 9.17) is 0 Å². The molecule has 0 radical (unpaired) electrons. The second kappa shape index (κ2) is 57.1. The minimum absolute atomic E-state index is 0.0823. The Bertz CT molecular complexity index is 1330. The van der Waals surface area contributed by atoms with Crippen molar-refractivity contribution in [2.24, 2.45) is 0 Å². The van der Waals surface area contributed by atoms with Crippen LogP contribution in [0.15, 0.2) is 122 Å². The maximum absolute atomic E-state index is 12.5. The van der Waals surface area contributed by atoms with E-state index in [1.807, 2.05) is 6.08 Å². The van der Waals surface area contributed by atoms with Crippen molar-refractivity contribution in [3.8, 4) is 0 Å². The van der Waals surface area contributed by atoms with Crippen LogP contribution in [0.25, 0.3) is 0 Å². The fourth-order valence-electron chi connectivity index (χ4n) is 7.92. The molecule has 0 aromatic rings. The van der Waals surface area contributed by atoms with Gasteiger partial charge in [-0.2, -0.15) is 0 Å². The van der Waals surface area contributed by atoms with E-state index in [-0.39, 0.29) is 12.5 Å². The van der Waals surface area contributed by atoms with Crippen LogP contribution >= 0.6 is 0 Å². The van der Waals surface area contributed by atoms with Gasteiger partial charge in [-0.3, -0.25) is 4.79 Å². The second-order valence-electron chi connectivity index (χ2n) is 18.6. The van der Waals surface area contributed by atoms with Crippen LogP contribution in [0.3, 0.4) is 0 Å². The molecule has 0 saturated heterocycles. The van der Waals surface area contributed by atoms with Gasteiger partial charge in [-0.15, -0.1) is 0 Å². The third-order valence-electron chi connectivity index (χ3n) is 12.2. The van der Waals surface area contributed by atoms with Gasteiger partial charge in [-0.25, -0.2) is 0 Å². The molecular formula is C63H107NO3. The molecule has 4 heteroatoms. The lowest BCUT2D eigenvalue weighted by molar-refractivity contribution is -0.123. The molecule has 3 N–H and O–H groups in total. The lowest BCUT2D eigenvalue weighted by Gasteiger charge is -2.19. The molecular weight excluding hydrogens is 819 g/mol. The first-order chi connectivity index (χ1) is 33.2. The van der Waals surface area contributed by atoms with Crippen molar-refractivity contribution >= 4 is 5.91 Å². The molecule has 0 aromatic carbocycles. The van der Waals surface area contributed by atoms with Crippen molar-refractivity contribution < 1.29 is 15.0 Å². The summed E-state index contributed by atoms with van der Waals surface area (Å²) in [4.78, 5) is 12.5. The molecule has 0 rings (SSSR count). The number of rotatable bonds is 50. The summed E-state index contributed by atoms with van der Waals surface area (Å²) in [5.41, 5.74) is 0. The highest BCUT2D eigenvalue weighted by Crippen LogP contribution is 2.15. The minimum Gasteiger partial charge on any atom is -0.394 e. The standard InChI is InChI=1S/C63H107NO3/c1-3-5-7-9-11-13-15-17-19-21-23-25-26-27-28-29-30-31-32-33-34-35-36-37-38-39-41-43-45-47-49-51-53-55-57-59-63(67)64-61(60-65)62(66)58-56-54-52-50-48-46-44-42-40-24-22-20-18-16-14-12-10-8-6-4-2/h5,7,11,13,17,19,23,25,27-28,30-31,33-34,36-37,48,50,56,58,61-62,65-66H,3-4,6,8-10,12,14-16,18,20-22,24,26,29,32,35,38-47,49,51-55,57,59-60H2,1-2H3,(H,64,67)/b7-5-,13-11-,19-17-,25-23-,28-27-,31-30-,34-33-,37-36-,50-48+,58-56+. The summed E-state index contributed by atoms with van der Waals surface area (Å²) < 4.78 is 0. The molecule has 67 heavy (non-hydrogen) atoms. The third kappa shape index (κ3) is 53.6. The zero-order chi connectivity index (χ0) is 48.5. The minimum atomic E-state index is -0.872. The number of carbonyl (C=O) groups is 1. The molecule has 382 valence electrons. The molecule has 0 aliphatic carbocycles. The Kier molecular flexibility index (Phi) is 54.4. The summed E-state index contributed by atoms with van der Waals surface area (Å²) in [7, 11) is 0. The Morgan fingerprint density at radius 2 is 0.672 bits per heavy atom. The van der Waals surface area contributed by atoms with Gasteiger partial charge in [-0.05, 0) is 96.3 Å². The molecule has 2 unspecified atom stereocenters. The molecule has 0 bridgehead atoms. The van der Waals surface area contributed by atoms with Crippen LogP contribution in [-0.4, -0.2) is 34.9 Å². The van der Waals surface area contributed by atoms with Gasteiger partial charge in [0.15, 0.2) is 0 Å². The van der Waals surface area contributed by atoms with Gasteiger partial charge in [-0.1, -0.05) is 270 Å². The molecule has 0 aliphatic rings. The Morgan fingerprint density at radius 3 is 1.04 bits per heavy atom. The first-order valence-corrected chi connectivity index (χ1v) is 28.2. The zero-order valence-electron chi connectivity index (χ0n) is 43.9. The lowest BCUT2D eigenvalue weighted by Crippen LogP contribution is -2.45. The number of hydrogen-bond donors (Lipinski definition) is 3. The number of allylic oxidation sites excluding steroid dienone is 19. The number of amides is 1. The average molecular weight is 927 g/mol. The van der Waals surface area contributed by atoms with Gasteiger partial charge in [0.25, 0.3) is 0 Å². The third-order valence-corrected chi connectivity index (χ3v) is 12.2. The molecule has 0 heterocycles. The Morgan fingerprint density at radius 1 is 0.373 bits per heavy atom. The smallest absolute Gasteiger partial charge is 0.220 e. The van der Waals surface area contributed by atoms with Crippen LogP contribution in [-0.2, 0) is 4.79 Å². The number of aliphatic hydroxyl groups is 2. The van der Waals surface area contributed by atoms with Crippen molar-refractivity contribution in [3.05, 3.63) is 122 Å². The number of carbonyl (C=O) groups excluding carboxylic acids is 1. The normalized spacial score (nSPS) is 13.8.